The SMILES string of the molecule is CCCCOc1ccc(-c2cc(C(=O)NCc3ccc(C(C)C)cc3)[nH]n2)cc1. The summed E-state index contributed by atoms with van der Waals surface area (Å²) >= 11 is 0. The van der Waals surface area contributed by atoms with Gasteiger partial charge in [-0.2, -0.15) is 5.10 Å². The van der Waals surface area contributed by atoms with Gasteiger partial charge in [0.05, 0.1) is 12.3 Å². The second kappa shape index (κ2) is 9.92. The van der Waals surface area contributed by atoms with Crippen LogP contribution in [0.5, 0.6) is 5.75 Å². The minimum Gasteiger partial charge on any atom is -0.494 e. The number of carbonyl (C=O) groups excluding carboxylic acids is 1. The molecule has 0 fully saturated rings. The Morgan fingerprint density at radius 1 is 1.10 bits per heavy atom. The van der Waals surface area contributed by atoms with Crippen LogP contribution in [0.4, 0.5) is 0 Å². The van der Waals surface area contributed by atoms with Crippen molar-refractivity contribution in [2.45, 2.75) is 46.1 Å². The molecule has 5 heteroatoms. The first-order valence-electron chi connectivity index (χ1n) is 10.2. The van der Waals surface area contributed by atoms with E-state index in [2.05, 4.69) is 60.6 Å². The van der Waals surface area contributed by atoms with Gasteiger partial charge in [-0.1, -0.05) is 51.5 Å². The fraction of sp³-hybridized carbons (Fsp3) is 0.333. The van der Waals surface area contributed by atoms with E-state index in [4.69, 9.17) is 4.74 Å². The number of hydrogen-bond donors (Lipinski definition) is 2. The number of amides is 1. The molecule has 0 saturated heterocycles. The molecule has 152 valence electrons. The second-order valence-corrected chi connectivity index (χ2v) is 7.47. The van der Waals surface area contributed by atoms with Gasteiger partial charge in [-0.25, -0.2) is 0 Å². The van der Waals surface area contributed by atoms with Gasteiger partial charge in [0.15, 0.2) is 0 Å². The van der Waals surface area contributed by atoms with Crippen molar-refractivity contribution in [1.82, 2.24) is 15.5 Å². The maximum Gasteiger partial charge on any atom is 0.269 e. The summed E-state index contributed by atoms with van der Waals surface area (Å²) in [5.41, 5.74) is 4.48. The Morgan fingerprint density at radius 2 is 1.83 bits per heavy atom. The maximum atomic E-state index is 12.4. The molecule has 0 saturated carbocycles. The largest absolute Gasteiger partial charge is 0.494 e. The van der Waals surface area contributed by atoms with E-state index < -0.39 is 0 Å². The van der Waals surface area contributed by atoms with Crippen molar-refractivity contribution in [1.29, 1.82) is 0 Å². The van der Waals surface area contributed by atoms with Crippen LogP contribution in [0, 0.1) is 0 Å². The summed E-state index contributed by atoms with van der Waals surface area (Å²) in [5, 5.41) is 10.0. The zero-order valence-electron chi connectivity index (χ0n) is 17.4. The van der Waals surface area contributed by atoms with E-state index in [1.807, 2.05) is 24.3 Å². The highest BCUT2D eigenvalue weighted by Crippen LogP contribution is 2.21. The number of aromatic amines is 1. The zero-order valence-corrected chi connectivity index (χ0v) is 17.4. The van der Waals surface area contributed by atoms with Crippen LogP contribution in [0.2, 0.25) is 0 Å². The molecule has 1 heterocycles. The lowest BCUT2D eigenvalue weighted by molar-refractivity contribution is 0.0946. The predicted molar refractivity (Wildman–Crippen MR) is 116 cm³/mol. The van der Waals surface area contributed by atoms with Crippen molar-refractivity contribution in [3.8, 4) is 17.0 Å². The Hall–Kier alpha value is -3.08. The number of hydrogen-bond acceptors (Lipinski definition) is 3. The first kappa shape index (κ1) is 20.6. The molecule has 2 aromatic carbocycles. The van der Waals surface area contributed by atoms with Crippen molar-refractivity contribution < 1.29 is 9.53 Å². The van der Waals surface area contributed by atoms with E-state index in [-0.39, 0.29) is 5.91 Å². The first-order valence-corrected chi connectivity index (χ1v) is 10.2. The summed E-state index contributed by atoms with van der Waals surface area (Å²) in [5.74, 6) is 1.18. The zero-order chi connectivity index (χ0) is 20.6. The molecule has 29 heavy (non-hydrogen) atoms. The Kier molecular flexibility index (Phi) is 7.06. The highest BCUT2D eigenvalue weighted by Gasteiger charge is 2.11. The van der Waals surface area contributed by atoms with E-state index in [1.54, 1.807) is 6.07 Å². The topological polar surface area (TPSA) is 67.0 Å². The highest BCUT2D eigenvalue weighted by molar-refractivity contribution is 5.93. The van der Waals surface area contributed by atoms with E-state index in [9.17, 15) is 4.79 Å². The first-order chi connectivity index (χ1) is 14.1. The summed E-state index contributed by atoms with van der Waals surface area (Å²) in [7, 11) is 0. The molecule has 0 aliphatic rings. The molecule has 0 aliphatic heterocycles. The van der Waals surface area contributed by atoms with E-state index in [0.717, 1.165) is 42.0 Å². The number of nitrogens with one attached hydrogen (secondary N) is 2. The third-order valence-electron chi connectivity index (χ3n) is 4.84. The van der Waals surface area contributed by atoms with Crippen molar-refractivity contribution in [3.63, 3.8) is 0 Å². The molecule has 0 unspecified atom stereocenters. The van der Waals surface area contributed by atoms with Crippen LogP contribution in [0.1, 0.15) is 61.1 Å². The van der Waals surface area contributed by atoms with Gasteiger partial charge >= 0.3 is 0 Å². The molecule has 1 aromatic heterocycles. The van der Waals surface area contributed by atoms with Crippen LogP contribution in [0.25, 0.3) is 11.3 Å². The fourth-order valence-corrected chi connectivity index (χ4v) is 2.94. The van der Waals surface area contributed by atoms with Gasteiger partial charge in [0.2, 0.25) is 0 Å². The Labute approximate surface area is 172 Å². The van der Waals surface area contributed by atoms with Gasteiger partial charge in [-0.05, 0) is 53.8 Å². The number of rotatable bonds is 9. The molecule has 3 rings (SSSR count). The number of H-pyrrole nitrogens is 1. The lowest BCUT2D eigenvalue weighted by Crippen LogP contribution is -2.23. The molecule has 0 bridgehead atoms. The summed E-state index contributed by atoms with van der Waals surface area (Å²) in [6.45, 7) is 7.68. The van der Waals surface area contributed by atoms with E-state index >= 15 is 0 Å². The maximum absolute atomic E-state index is 12.4. The van der Waals surface area contributed by atoms with Gasteiger partial charge < -0.3 is 10.1 Å². The average molecular weight is 392 g/mol. The lowest BCUT2D eigenvalue weighted by Gasteiger charge is -2.07. The number of aromatic nitrogens is 2. The Bertz CT molecular complexity index is 912. The van der Waals surface area contributed by atoms with Crippen LogP contribution in [-0.4, -0.2) is 22.7 Å². The van der Waals surface area contributed by atoms with Gasteiger partial charge in [0.25, 0.3) is 5.91 Å². The standard InChI is InChI=1S/C24H29N3O2/c1-4-5-14-29-21-12-10-20(11-13-21)22-15-23(27-26-22)24(28)25-16-18-6-8-19(9-7-18)17(2)3/h6-13,15,17H,4-5,14,16H2,1-3H3,(H,25,28)(H,26,27). The molecular weight excluding hydrogens is 362 g/mol. The molecular formula is C24H29N3O2. The lowest BCUT2D eigenvalue weighted by atomic mass is 10.0. The number of unbranched alkanes of at least 4 members (excludes halogenated alkanes) is 1. The Balaban J connectivity index is 1.56. The molecule has 0 spiro atoms. The molecule has 0 radical (unpaired) electrons. The van der Waals surface area contributed by atoms with Gasteiger partial charge in [0.1, 0.15) is 11.4 Å². The van der Waals surface area contributed by atoms with Crippen LogP contribution < -0.4 is 10.1 Å². The van der Waals surface area contributed by atoms with Gasteiger partial charge in [-0.15, -0.1) is 0 Å². The minimum absolute atomic E-state index is 0.170. The third kappa shape index (κ3) is 5.70. The second-order valence-electron chi connectivity index (χ2n) is 7.47. The minimum atomic E-state index is -0.170. The summed E-state index contributed by atoms with van der Waals surface area (Å²) < 4.78 is 5.68. The number of nitrogens with zero attached hydrogens (tertiary/aromatic N) is 1. The van der Waals surface area contributed by atoms with Crippen molar-refractivity contribution in [3.05, 3.63) is 71.4 Å². The van der Waals surface area contributed by atoms with Crippen LogP contribution in [-0.2, 0) is 6.54 Å². The molecule has 0 aliphatic carbocycles. The molecule has 2 N–H and O–H groups in total. The average Bonchev–Trinajstić information content (AvgIpc) is 3.23. The molecule has 5 nitrogen and oxygen atoms in total. The normalized spacial score (nSPS) is 10.9. The highest BCUT2D eigenvalue weighted by atomic mass is 16.5. The predicted octanol–water partition coefficient (Wildman–Crippen LogP) is 5.31. The van der Waals surface area contributed by atoms with E-state index in [1.165, 1.54) is 5.56 Å². The van der Waals surface area contributed by atoms with Crippen LogP contribution in [0.15, 0.2) is 54.6 Å². The molecule has 3 aromatic rings. The summed E-state index contributed by atoms with van der Waals surface area (Å²) in [4.78, 5) is 12.4. The van der Waals surface area contributed by atoms with Crippen LogP contribution in [0.3, 0.4) is 0 Å². The fourth-order valence-electron chi connectivity index (χ4n) is 2.94. The van der Waals surface area contributed by atoms with Gasteiger partial charge in [-0.3, -0.25) is 9.89 Å². The summed E-state index contributed by atoms with van der Waals surface area (Å²) in [6, 6.07) is 17.9. The van der Waals surface area contributed by atoms with Crippen molar-refractivity contribution in [2.24, 2.45) is 0 Å². The molecule has 1 amide bonds. The summed E-state index contributed by atoms with van der Waals surface area (Å²) in [6.07, 6.45) is 2.15. The number of benzene rings is 2. The number of ether oxygens (including phenoxy) is 1. The quantitative estimate of drug-likeness (QED) is 0.486. The molecule has 0 atom stereocenters. The Morgan fingerprint density at radius 3 is 2.48 bits per heavy atom. The van der Waals surface area contributed by atoms with E-state index in [0.29, 0.717) is 18.2 Å². The van der Waals surface area contributed by atoms with Crippen molar-refractivity contribution >= 4 is 5.91 Å². The monoisotopic (exact) mass is 391 g/mol. The van der Waals surface area contributed by atoms with Crippen molar-refractivity contribution in [2.75, 3.05) is 6.61 Å². The smallest absolute Gasteiger partial charge is 0.269 e. The van der Waals surface area contributed by atoms with Crippen LogP contribution >= 0.6 is 0 Å². The van der Waals surface area contributed by atoms with Gasteiger partial charge in [0, 0.05) is 12.1 Å². The third-order valence-corrected chi connectivity index (χ3v) is 4.84. The number of carbonyl (C=O) groups is 1.